The summed E-state index contributed by atoms with van der Waals surface area (Å²) in [5.74, 6) is 1.14. The summed E-state index contributed by atoms with van der Waals surface area (Å²) in [6.07, 6.45) is 0. The van der Waals surface area contributed by atoms with Crippen LogP contribution in [0.3, 0.4) is 0 Å². The molecule has 0 aliphatic heterocycles. The highest BCUT2D eigenvalue weighted by Crippen LogP contribution is 2.18. The quantitative estimate of drug-likeness (QED) is 0.884. The number of nitrogens with one attached hydrogen (secondary N) is 1. The molecule has 2 rings (SSSR count). The fourth-order valence-electron chi connectivity index (χ4n) is 1.71. The van der Waals surface area contributed by atoms with Crippen LogP contribution in [0.1, 0.15) is 6.92 Å². The molecule has 0 aliphatic carbocycles. The summed E-state index contributed by atoms with van der Waals surface area (Å²) in [5.41, 5.74) is 0.641. The van der Waals surface area contributed by atoms with Gasteiger partial charge in [-0.1, -0.05) is 17.7 Å². The molecule has 1 N–H and O–H groups in total. The number of benzene rings is 2. The van der Waals surface area contributed by atoms with Crippen LogP contribution in [-0.2, 0) is 4.79 Å². The fraction of sp³-hybridized carbons (Fsp3) is 0.188. The van der Waals surface area contributed by atoms with E-state index in [2.05, 4.69) is 5.32 Å². The average Bonchev–Trinajstić information content (AvgIpc) is 2.47. The van der Waals surface area contributed by atoms with Gasteiger partial charge in [-0.2, -0.15) is 0 Å². The number of ether oxygens (including phenoxy) is 2. The molecule has 2 aromatic rings. The maximum Gasteiger partial charge on any atom is 0.262 e. The molecule has 1 amide bonds. The SMILES string of the molecule is CCOc1ccc(OCC(=O)Nc2cccc(Cl)c2)cc1. The van der Waals surface area contributed by atoms with Crippen molar-refractivity contribution >= 4 is 23.2 Å². The second-order valence-electron chi connectivity index (χ2n) is 4.25. The Morgan fingerprint density at radius 2 is 1.76 bits per heavy atom. The zero-order chi connectivity index (χ0) is 15.1. The van der Waals surface area contributed by atoms with E-state index >= 15 is 0 Å². The second kappa shape index (κ2) is 7.55. The van der Waals surface area contributed by atoms with Gasteiger partial charge in [-0.15, -0.1) is 0 Å². The third-order valence-corrected chi connectivity index (χ3v) is 2.85. The molecule has 110 valence electrons. The number of anilines is 1. The molecule has 0 saturated heterocycles. The molecular formula is C16H16ClNO3. The number of carbonyl (C=O) groups excluding carboxylic acids is 1. The molecule has 0 aromatic heterocycles. The monoisotopic (exact) mass is 305 g/mol. The van der Waals surface area contributed by atoms with Crippen LogP contribution in [0, 0.1) is 0 Å². The van der Waals surface area contributed by atoms with E-state index in [9.17, 15) is 4.79 Å². The Morgan fingerprint density at radius 3 is 2.38 bits per heavy atom. The summed E-state index contributed by atoms with van der Waals surface area (Å²) in [6.45, 7) is 2.47. The number of halogens is 1. The van der Waals surface area contributed by atoms with Gasteiger partial charge >= 0.3 is 0 Å². The maximum absolute atomic E-state index is 11.8. The van der Waals surface area contributed by atoms with Crippen LogP contribution in [0.25, 0.3) is 0 Å². The van der Waals surface area contributed by atoms with Crippen molar-refractivity contribution in [3.05, 3.63) is 53.6 Å². The van der Waals surface area contributed by atoms with E-state index in [4.69, 9.17) is 21.1 Å². The number of rotatable bonds is 6. The van der Waals surface area contributed by atoms with Crippen molar-refractivity contribution in [1.82, 2.24) is 0 Å². The number of hydrogen-bond donors (Lipinski definition) is 1. The third kappa shape index (κ3) is 5.00. The third-order valence-electron chi connectivity index (χ3n) is 2.61. The lowest BCUT2D eigenvalue weighted by Crippen LogP contribution is -2.20. The molecule has 2 aromatic carbocycles. The van der Waals surface area contributed by atoms with Crippen molar-refractivity contribution in [3.8, 4) is 11.5 Å². The smallest absolute Gasteiger partial charge is 0.262 e. The summed E-state index contributed by atoms with van der Waals surface area (Å²) >= 11 is 5.85. The van der Waals surface area contributed by atoms with E-state index in [1.807, 2.05) is 6.92 Å². The van der Waals surface area contributed by atoms with Crippen molar-refractivity contribution in [2.75, 3.05) is 18.5 Å². The van der Waals surface area contributed by atoms with Gasteiger partial charge in [-0.25, -0.2) is 0 Å². The molecule has 0 heterocycles. The highest BCUT2D eigenvalue weighted by atomic mass is 35.5. The van der Waals surface area contributed by atoms with Gasteiger partial charge in [0.05, 0.1) is 6.61 Å². The van der Waals surface area contributed by atoms with E-state index in [1.54, 1.807) is 48.5 Å². The van der Waals surface area contributed by atoms with Crippen LogP contribution in [0.15, 0.2) is 48.5 Å². The summed E-state index contributed by atoms with van der Waals surface area (Å²) < 4.78 is 10.7. The number of carbonyl (C=O) groups is 1. The molecule has 0 fully saturated rings. The van der Waals surface area contributed by atoms with Crippen molar-refractivity contribution in [3.63, 3.8) is 0 Å². The van der Waals surface area contributed by atoms with Crippen molar-refractivity contribution in [2.45, 2.75) is 6.92 Å². The molecule has 5 heteroatoms. The van der Waals surface area contributed by atoms with Crippen molar-refractivity contribution in [2.24, 2.45) is 0 Å². The summed E-state index contributed by atoms with van der Waals surface area (Å²) in [7, 11) is 0. The molecular weight excluding hydrogens is 290 g/mol. The molecule has 4 nitrogen and oxygen atoms in total. The Labute approximate surface area is 128 Å². The summed E-state index contributed by atoms with van der Waals surface area (Å²) in [4.78, 5) is 11.8. The van der Waals surface area contributed by atoms with Gasteiger partial charge in [0.2, 0.25) is 0 Å². The van der Waals surface area contributed by atoms with Gasteiger partial charge in [0, 0.05) is 10.7 Å². The minimum absolute atomic E-state index is 0.0690. The van der Waals surface area contributed by atoms with E-state index in [0.717, 1.165) is 5.75 Å². The van der Waals surface area contributed by atoms with Gasteiger partial charge in [0.15, 0.2) is 6.61 Å². The van der Waals surface area contributed by atoms with E-state index in [1.165, 1.54) is 0 Å². The normalized spacial score (nSPS) is 10.0. The Kier molecular flexibility index (Phi) is 5.46. The molecule has 0 atom stereocenters. The predicted molar refractivity (Wildman–Crippen MR) is 83.2 cm³/mol. The van der Waals surface area contributed by atoms with E-state index < -0.39 is 0 Å². The van der Waals surface area contributed by atoms with Crippen molar-refractivity contribution in [1.29, 1.82) is 0 Å². The molecule has 0 spiro atoms. The molecule has 0 unspecified atom stereocenters. The number of hydrogen-bond acceptors (Lipinski definition) is 3. The Bertz CT molecular complexity index is 599. The first kappa shape index (κ1) is 15.2. The summed E-state index contributed by atoms with van der Waals surface area (Å²) in [5, 5.41) is 3.28. The lowest BCUT2D eigenvalue weighted by Gasteiger charge is -2.08. The Morgan fingerprint density at radius 1 is 1.10 bits per heavy atom. The van der Waals surface area contributed by atoms with Crippen LogP contribution in [0.4, 0.5) is 5.69 Å². The average molecular weight is 306 g/mol. The largest absolute Gasteiger partial charge is 0.494 e. The zero-order valence-electron chi connectivity index (χ0n) is 11.6. The van der Waals surface area contributed by atoms with Gasteiger partial charge in [-0.3, -0.25) is 4.79 Å². The minimum atomic E-state index is -0.244. The first-order chi connectivity index (χ1) is 10.2. The van der Waals surface area contributed by atoms with Crippen LogP contribution in [-0.4, -0.2) is 19.1 Å². The lowest BCUT2D eigenvalue weighted by atomic mass is 10.3. The van der Waals surface area contributed by atoms with E-state index in [-0.39, 0.29) is 12.5 Å². The first-order valence-corrected chi connectivity index (χ1v) is 6.96. The Balaban J connectivity index is 1.83. The van der Waals surface area contributed by atoms with Gasteiger partial charge in [0.25, 0.3) is 5.91 Å². The maximum atomic E-state index is 11.8. The molecule has 0 aliphatic rings. The Hall–Kier alpha value is -2.20. The van der Waals surface area contributed by atoms with Crippen LogP contribution >= 0.6 is 11.6 Å². The highest BCUT2D eigenvalue weighted by Gasteiger charge is 2.04. The topological polar surface area (TPSA) is 47.6 Å². The van der Waals surface area contributed by atoms with Crippen LogP contribution in [0.5, 0.6) is 11.5 Å². The molecule has 0 radical (unpaired) electrons. The standard InChI is InChI=1S/C16H16ClNO3/c1-2-20-14-6-8-15(9-7-14)21-11-16(19)18-13-5-3-4-12(17)10-13/h3-10H,2,11H2,1H3,(H,18,19). The minimum Gasteiger partial charge on any atom is -0.494 e. The highest BCUT2D eigenvalue weighted by molar-refractivity contribution is 6.30. The lowest BCUT2D eigenvalue weighted by molar-refractivity contribution is -0.118. The predicted octanol–water partition coefficient (Wildman–Crippen LogP) is 3.76. The van der Waals surface area contributed by atoms with Crippen LogP contribution < -0.4 is 14.8 Å². The number of amides is 1. The van der Waals surface area contributed by atoms with Gasteiger partial charge in [0.1, 0.15) is 11.5 Å². The second-order valence-corrected chi connectivity index (χ2v) is 4.69. The first-order valence-electron chi connectivity index (χ1n) is 6.58. The summed E-state index contributed by atoms with van der Waals surface area (Å²) in [6, 6.07) is 14.1. The molecule has 21 heavy (non-hydrogen) atoms. The van der Waals surface area contributed by atoms with Gasteiger partial charge in [-0.05, 0) is 49.4 Å². The van der Waals surface area contributed by atoms with E-state index in [0.29, 0.717) is 23.1 Å². The van der Waals surface area contributed by atoms with Crippen molar-refractivity contribution < 1.29 is 14.3 Å². The fourth-order valence-corrected chi connectivity index (χ4v) is 1.90. The van der Waals surface area contributed by atoms with Gasteiger partial charge < -0.3 is 14.8 Å². The molecule has 0 saturated carbocycles. The van der Waals surface area contributed by atoms with Crippen LogP contribution in [0.2, 0.25) is 5.02 Å². The zero-order valence-corrected chi connectivity index (χ0v) is 12.4. The molecule has 0 bridgehead atoms.